The van der Waals surface area contributed by atoms with Crippen molar-refractivity contribution in [3.8, 4) is 0 Å². The molecule has 0 spiro atoms. The Kier molecular flexibility index (Phi) is 3.40. The van der Waals surface area contributed by atoms with E-state index in [2.05, 4.69) is 41.8 Å². The van der Waals surface area contributed by atoms with Crippen molar-refractivity contribution in [2.24, 2.45) is 5.41 Å². The molecule has 1 heterocycles. The molecule has 1 saturated carbocycles. The molecule has 1 aliphatic heterocycles. The molecule has 98 valence electrons. The minimum absolute atomic E-state index is 0.585. The zero-order valence-corrected chi connectivity index (χ0v) is 11.3. The molecule has 2 N–H and O–H groups in total. The summed E-state index contributed by atoms with van der Waals surface area (Å²) < 4.78 is 0. The van der Waals surface area contributed by atoms with Crippen LogP contribution in [-0.4, -0.2) is 19.6 Å². The first kappa shape index (κ1) is 12.2. The van der Waals surface area contributed by atoms with Gasteiger partial charge in [-0.2, -0.15) is 0 Å². The molecule has 1 aromatic rings. The standard InChI is InChI=1S/C16H24N2/c1-16(7-4-8-16)12-18-11-14-10-17-9-13-5-2-3-6-15(13)14/h2-3,5-6,14,17-18H,4,7-12H2,1H3. The number of fused-ring (bicyclic) bond motifs is 1. The maximum atomic E-state index is 3.70. The third kappa shape index (κ3) is 2.45. The summed E-state index contributed by atoms with van der Waals surface area (Å²) in [5.74, 6) is 0.638. The van der Waals surface area contributed by atoms with Crippen LogP contribution in [0.3, 0.4) is 0 Å². The summed E-state index contributed by atoms with van der Waals surface area (Å²) in [4.78, 5) is 0. The Balaban J connectivity index is 1.57. The Morgan fingerprint density at radius 3 is 2.94 bits per heavy atom. The van der Waals surface area contributed by atoms with Crippen molar-refractivity contribution in [2.75, 3.05) is 19.6 Å². The van der Waals surface area contributed by atoms with Gasteiger partial charge in [-0.15, -0.1) is 0 Å². The molecule has 2 nitrogen and oxygen atoms in total. The number of nitrogens with one attached hydrogen (secondary N) is 2. The Labute approximate surface area is 110 Å². The molecule has 2 aliphatic rings. The van der Waals surface area contributed by atoms with Crippen LogP contribution < -0.4 is 10.6 Å². The summed E-state index contributed by atoms with van der Waals surface area (Å²) in [5.41, 5.74) is 3.61. The van der Waals surface area contributed by atoms with Gasteiger partial charge in [0.2, 0.25) is 0 Å². The van der Waals surface area contributed by atoms with Crippen LogP contribution in [0.1, 0.15) is 43.2 Å². The lowest BCUT2D eigenvalue weighted by atomic mass is 9.70. The van der Waals surface area contributed by atoms with Crippen LogP contribution in [-0.2, 0) is 6.54 Å². The van der Waals surface area contributed by atoms with Crippen LogP contribution in [0.15, 0.2) is 24.3 Å². The second kappa shape index (κ2) is 5.02. The van der Waals surface area contributed by atoms with Crippen molar-refractivity contribution >= 4 is 0 Å². The number of rotatable bonds is 4. The van der Waals surface area contributed by atoms with Gasteiger partial charge >= 0.3 is 0 Å². The minimum atomic E-state index is 0.585. The van der Waals surface area contributed by atoms with Gasteiger partial charge < -0.3 is 10.6 Å². The van der Waals surface area contributed by atoms with Gasteiger partial charge in [-0.05, 0) is 29.4 Å². The SMILES string of the molecule is CC1(CNCC2CNCc3ccccc32)CCC1. The van der Waals surface area contributed by atoms with E-state index in [9.17, 15) is 0 Å². The highest BCUT2D eigenvalue weighted by Gasteiger charge is 2.31. The molecule has 18 heavy (non-hydrogen) atoms. The van der Waals surface area contributed by atoms with E-state index in [1.807, 2.05) is 0 Å². The largest absolute Gasteiger partial charge is 0.316 e. The van der Waals surface area contributed by atoms with Crippen LogP contribution in [0.4, 0.5) is 0 Å². The molecule has 0 aromatic heterocycles. The van der Waals surface area contributed by atoms with Gasteiger partial charge in [-0.1, -0.05) is 37.6 Å². The van der Waals surface area contributed by atoms with E-state index in [4.69, 9.17) is 0 Å². The minimum Gasteiger partial charge on any atom is -0.316 e. The van der Waals surface area contributed by atoms with Gasteiger partial charge in [-0.25, -0.2) is 0 Å². The fraction of sp³-hybridized carbons (Fsp3) is 0.625. The number of hydrogen-bond donors (Lipinski definition) is 2. The van der Waals surface area contributed by atoms with E-state index in [1.54, 1.807) is 5.56 Å². The Morgan fingerprint density at radius 2 is 2.17 bits per heavy atom. The summed E-state index contributed by atoms with van der Waals surface area (Å²) in [6.07, 6.45) is 4.23. The molecule has 1 aromatic carbocycles. The maximum absolute atomic E-state index is 3.70. The third-order valence-corrected chi connectivity index (χ3v) is 4.70. The summed E-state index contributed by atoms with van der Waals surface area (Å²) in [6.45, 7) is 6.85. The van der Waals surface area contributed by atoms with Crippen LogP contribution in [0.2, 0.25) is 0 Å². The van der Waals surface area contributed by atoms with E-state index < -0.39 is 0 Å². The van der Waals surface area contributed by atoms with Crippen LogP contribution in [0.5, 0.6) is 0 Å². The van der Waals surface area contributed by atoms with E-state index >= 15 is 0 Å². The fourth-order valence-electron chi connectivity index (χ4n) is 3.27. The zero-order chi connectivity index (χ0) is 12.4. The van der Waals surface area contributed by atoms with Gasteiger partial charge in [0.1, 0.15) is 0 Å². The number of hydrogen-bond acceptors (Lipinski definition) is 2. The smallest absolute Gasteiger partial charge is 0.0208 e. The normalized spacial score (nSPS) is 25.3. The highest BCUT2D eigenvalue weighted by Crippen LogP contribution is 2.39. The Morgan fingerprint density at radius 1 is 1.33 bits per heavy atom. The first-order valence-corrected chi connectivity index (χ1v) is 7.26. The molecule has 1 unspecified atom stereocenters. The second-order valence-corrected chi connectivity index (χ2v) is 6.32. The molecular weight excluding hydrogens is 220 g/mol. The molecular formula is C16H24N2. The lowest BCUT2D eigenvalue weighted by Gasteiger charge is -2.39. The molecule has 1 aliphatic carbocycles. The molecule has 0 saturated heterocycles. The molecule has 2 heteroatoms. The molecule has 3 rings (SSSR count). The average molecular weight is 244 g/mol. The van der Waals surface area contributed by atoms with Crippen molar-refractivity contribution in [3.63, 3.8) is 0 Å². The summed E-state index contributed by atoms with van der Waals surface area (Å²) in [5, 5.41) is 7.23. The van der Waals surface area contributed by atoms with Crippen LogP contribution in [0, 0.1) is 5.41 Å². The maximum Gasteiger partial charge on any atom is 0.0208 e. The predicted molar refractivity (Wildman–Crippen MR) is 75.7 cm³/mol. The lowest BCUT2D eigenvalue weighted by molar-refractivity contribution is 0.156. The predicted octanol–water partition coefficient (Wildman–Crippen LogP) is 2.65. The zero-order valence-electron chi connectivity index (χ0n) is 11.3. The van der Waals surface area contributed by atoms with Crippen molar-refractivity contribution < 1.29 is 0 Å². The van der Waals surface area contributed by atoms with E-state index in [-0.39, 0.29) is 0 Å². The average Bonchev–Trinajstić information content (AvgIpc) is 2.37. The summed E-state index contributed by atoms with van der Waals surface area (Å²) >= 11 is 0. The van der Waals surface area contributed by atoms with E-state index in [1.165, 1.54) is 31.4 Å². The van der Waals surface area contributed by atoms with Crippen molar-refractivity contribution in [2.45, 2.75) is 38.6 Å². The van der Waals surface area contributed by atoms with Crippen LogP contribution >= 0.6 is 0 Å². The Bertz CT molecular complexity index is 409. The van der Waals surface area contributed by atoms with E-state index in [0.29, 0.717) is 11.3 Å². The third-order valence-electron chi connectivity index (χ3n) is 4.70. The first-order valence-electron chi connectivity index (χ1n) is 7.26. The number of benzene rings is 1. The molecule has 1 atom stereocenters. The fourth-order valence-corrected chi connectivity index (χ4v) is 3.27. The van der Waals surface area contributed by atoms with E-state index in [0.717, 1.165) is 19.6 Å². The van der Waals surface area contributed by atoms with Crippen LogP contribution in [0.25, 0.3) is 0 Å². The van der Waals surface area contributed by atoms with Gasteiger partial charge in [0.15, 0.2) is 0 Å². The van der Waals surface area contributed by atoms with Crippen molar-refractivity contribution in [3.05, 3.63) is 35.4 Å². The summed E-state index contributed by atoms with van der Waals surface area (Å²) in [7, 11) is 0. The Hall–Kier alpha value is -0.860. The van der Waals surface area contributed by atoms with Gasteiger partial charge in [0.25, 0.3) is 0 Å². The topological polar surface area (TPSA) is 24.1 Å². The second-order valence-electron chi connectivity index (χ2n) is 6.32. The molecule has 0 bridgehead atoms. The van der Waals surface area contributed by atoms with Crippen molar-refractivity contribution in [1.29, 1.82) is 0 Å². The highest BCUT2D eigenvalue weighted by atomic mass is 14.9. The molecule has 0 amide bonds. The first-order chi connectivity index (χ1) is 8.77. The highest BCUT2D eigenvalue weighted by molar-refractivity contribution is 5.32. The quantitative estimate of drug-likeness (QED) is 0.851. The lowest BCUT2D eigenvalue weighted by Crippen LogP contribution is -2.41. The van der Waals surface area contributed by atoms with Gasteiger partial charge in [-0.3, -0.25) is 0 Å². The molecule has 0 radical (unpaired) electrons. The summed E-state index contributed by atoms with van der Waals surface area (Å²) in [6, 6.07) is 8.87. The van der Waals surface area contributed by atoms with Gasteiger partial charge in [0, 0.05) is 32.1 Å². The molecule has 1 fully saturated rings. The van der Waals surface area contributed by atoms with Crippen molar-refractivity contribution in [1.82, 2.24) is 10.6 Å². The van der Waals surface area contributed by atoms with Gasteiger partial charge in [0.05, 0.1) is 0 Å². The monoisotopic (exact) mass is 244 g/mol.